The molecule has 0 radical (unpaired) electrons. The van der Waals surface area contributed by atoms with Crippen LogP contribution >= 0.6 is 0 Å². The van der Waals surface area contributed by atoms with Crippen LogP contribution in [-0.2, 0) is 6.18 Å². The van der Waals surface area contributed by atoms with Gasteiger partial charge in [-0.2, -0.15) is 18.4 Å². The van der Waals surface area contributed by atoms with Crippen molar-refractivity contribution >= 4 is 5.69 Å². The van der Waals surface area contributed by atoms with Crippen molar-refractivity contribution in [3.8, 4) is 17.7 Å². The van der Waals surface area contributed by atoms with Crippen molar-refractivity contribution in [2.75, 3.05) is 5.73 Å². The second-order valence-corrected chi connectivity index (χ2v) is 4.31. The van der Waals surface area contributed by atoms with Gasteiger partial charge in [0.1, 0.15) is 5.75 Å². The SMILES string of the molecule is Cc1cc(N)cnc1Oc1ccc(C#N)cc1C(F)(F)F. The Labute approximate surface area is 118 Å². The third-order valence-electron chi connectivity index (χ3n) is 2.67. The molecule has 1 heterocycles. The van der Waals surface area contributed by atoms with Crippen LogP contribution in [0.15, 0.2) is 30.5 Å². The highest BCUT2D eigenvalue weighted by Gasteiger charge is 2.35. The van der Waals surface area contributed by atoms with E-state index in [4.69, 9.17) is 15.7 Å². The Balaban J connectivity index is 2.47. The van der Waals surface area contributed by atoms with Crippen molar-refractivity contribution in [1.29, 1.82) is 5.26 Å². The largest absolute Gasteiger partial charge is 0.438 e. The summed E-state index contributed by atoms with van der Waals surface area (Å²) >= 11 is 0. The Bertz CT molecular complexity index is 720. The predicted octanol–water partition coefficient (Wildman–Crippen LogP) is 3.66. The molecule has 4 nitrogen and oxygen atoms in total. The van der Waals surface area contributed by atoms with Crippen molar-refractivity contribution in [3.05, 3.63) is 47.2 Å². The van der Waals surface area contributed by atoms with E-state index in [1.165, 1.54) is 12.3 Å². The van der Waals surface area contributed by atoms with E-state index in [0.29, 0.717) is 11.3 Å². The van der Waals surface area contributed by atoms with E-state index in [1.807, 2.05) is 0 Å². The Morgan fingerprint density at radius 3 is 2.57 bits per heavy atom. The number of nitriles is 1. The minimum absolute atomic E-state index is 0.0272. The normalized spacial score (nSPS) is 11.0. The summed E-state index contributed by atoms with van der Waals surface area (Å²) in [6.45, 7) is 1.62. The zero-order chi connectivity index (χ0) is 15.6. The second-order valence-electron chi connectivity index (χ2n) is 4.31. The van der Waals surface area contributed by atoms with Crippen molar-refractivity contribution in [2.45, 2.75) is 13.1 Å². The fraction of sp³-hybridized carbons (Fsp3) is 0.143. The smallest absolute Gasteiger partial charge is 0.420 e. The minimum Gasteiger partial charge on any atom is -0.438 e. The van der Waals surface area contributed by atoms with Gasteiger partial charge < -0.3 is 10.5 Å². The molecule has 0 bridgehead atoms. The number of ether oxygens (including phenoxy) is 1. The van der Waals surface area contributed by atoms with Gasteiger partial charge in [0.25, 0.3) is 0 Å². The molecule has 2 rings (SSSR count). The molecule has 0 fully saturated rings. The first kappa shape index (κ1) is 14.7. The van der Waals surface area contributed by atoms with E-state index in [1.54, 1.807) is 19.1 Å². The number of nitrogen functional groups attached to an aromatic ring is 1. The highest BCUT2D eigenvalue weighted by Crippen LogP contribution is 2.38. The van der Waals surface area contributed by atoms with Gasteiger partial charge in [-0.25, -0.2) is 4.98 Å². The van der Waals surface area contributed by atoms with Crippen molar-refractivity contribution in [1.82, 2.24) is 4.98 Å². The lowest BCUT2D eigenvalue weighted by Gasteiger charge is -2.14. The fourth-order valence-electron chi connectivity index (χ4n) is 1.71. The summed E-state index contributed by atoms with van der Waals surface area (Å²) in [6, 6.07) is 6.28. The Morgan fingerprint density at radius 2 is 2.00 bits per heavy atom. The lowest BCUT2D eigenvalue weighted by molar-refractivity contribution is -0.138. The van der Waals surface area contributed by atoms with E-state index in [9.17, 15) is 13.2 Å². The molecule has 108 valence electrons. The van der Waals surface area contributed by atoms with Gasteiger partial charge in [-0.05, 0) is 31.2 Å². The molecule has 0 aliphatic heterocycles. The molecule has 0 saturated carbocycles. The number of aromatic nitrogens is 1. The van der Waals surface area contributed by atoms with E-state index >= 15 is 0 Å². The molecule has 1 aromatic carbocycles. The Kier molecular flexibility index (Phi) is 3.72. The van der Waals surface area contributed by atoms with Crippen LogP contribution in [0.4, 0.5) is 18.9 Å². The molecule has 0 amide bonds. The molecule has 0 unspecified atom stereocenters. The average Bonchev–Trinajstić information content (AvgIpc) is 2.41. The van der Waals surface area contributed by atoms with Crippen LogP contribution < -0.4 is 10.5 Å². The molecular formula is C14H10F3N3O. The topological polar surface area (TPSA) is 71.9 Å². The summed E-state index contributed by atoms with van der Waals surface area (Å²) in [6.07, 6.45) is -3.34. The van der Waals surface area contributed by atoms with E-state index in [2.05, 4.69) is 4.98 Å². The summed E-state index contributed by atoms with van der Waals surface area (Å²) in [5.74, 6) is -0.388. The number of nitrogens with zero attached hydrogens (tertiary/aromatic N) is 2. The summed E-state index contributed by atoms with van der Waals surface area (Å²) < 4.78 is 44.2. The Morgan fingerprint density at radius 1 is 1.29 bits per heavy atom. The molecule has 1 aromatic heterocycles. The van der Waals surface area contributed by atoms with Crippen molar-refractivity contribution < 1.29 is 17.9 Å². The maximum absolute atomic E-state index is 13.0. The molecule has 2 N–H and O–H groups in total. The zero-order valence-electron chi connectivity index (χ0n) is 10.9. The molecular weight excluding hydrogens is 283 g/mol. The molecule has 0 saturated heterocycles. The molecule has 7 heteroatoms. The first-order valence-electron chi connectivity index (χ1n) is 5.82. The highest BCUT2D eigenvalue weighted by atomic mass is 19.4. The summed E-state index contributed by atoms with van der Waals surface area (Å²) in [4.78, 5) is 3.86. The summed E-state index contributed by atoms with van der Waals surface area (Å²) in [7, 11) is 0. The van der Waals surface area contributed by atoms with Gasteiger partial charge in [-0.15, -0.1) is 0 Å². The molecule has 0 atom stereocenters. The summed E-state index contributed by atoms with van der Waals surface area (Å²) in [5.41, 5.74) is 5.29. The maximum Gasteiger partial charge on any atom is 0.420 e. The van der Waals surface area contributed by atoms with E-state index in [-0.39, 0.29) is 11.4 Å². The maximum atomic E-state index is 13.0. The number of hydrogen-bond acceptors (Lipinski definition) is 4. The number of rotatable bonds is 2. The number of benzene rings is 1. The third kappa shape index (κ3) is 3.23. The number of nitrogens with two attached hydrogens (primary N) is 1. The van der Waals surface area contributed by atoms with Crippen LogP contribution in [0, 0.1) is 18.3 Å². The number of pyridine rings is 1. The number of aryl methyl sites for hydroxylation is 1. The van der Waals surface area contributed by atoms with Crippen LogP contribution in [0.2, 0.25) is 0 Å². The zero-order valence-corrected chi connectivity index (χ0v) is 10.9. The molecule has 0 aliphatic rings. The number of anilines is 1. The second kappa shape index (κ2) is 5.32. The first-order valence-corrected chi connectivity index (χ1v) is 5.82. The molecule has 0 aliphatic carbocycles. The number of alkyl halides is 3. The van der Waals surface area contributed by atoms with Gasteiger partial charge in [-0.1, -0.05) is 0 Å². The van der Waals surface area contributed by atoms with Crippen LogP contribution in [0.25, 0.3) is 0 Å². The number of halogens is 3. The van der Waals surface area contributed by atoms with E-state index in [0.717, 1.165) is 12.1 Å². The monoisotopic (exact) mass is 293 g/mol. The van der Waals surface area contributed by atoms with Crippen LogP contribution in [0.3, 0.4) is 0 Å². The van der Waals surface area contributed by atoms with Gasteiger partial charge in [0.15, 0.2) is 0 Å². The minimum atomic E-state index is -4.64. The lowest BCUT2D eigenvalue weighted by Crippen LogP contribution is -2.08. The van der Waals surface area contributed by atoms with Gasteiger partial charge in [-0.3, -0.25) is 0 Å². The number of hydrogen-bond donors (Lipinski definition) is 1. The first-order chi connectivity index (χ1) is 9.81. The van der Waals surface area contributed by atoms with Crippen molar-refractivity contribution in [2.24, 2.45) is 0 Å². The highest BCUT2D eigenvalue weighted by molar-refractivity contribution is 5.47. The van der Waals surface area contributed by atoms with Gasteiger partial charge >= 0.3 is 6.18 Å². The molecule has 0 spiro atoms. The van der Waals surface area contributed by atoms with Gasteiger partial charge in [0.2, 0.25) is 5.88 Å². The Hall–Kier alpha value is -2.75. The standard InChI is InChI=1S/C14H10F3N3O/c1-8-4-10(19)7-20-13(8)21-12-3-2-9(6-18)5-11(12)14(15,16)17/h2-5,7H,19H2,1H3. The average molecular weight is 293 g/mol. The third-order valence-corrected chi connectivity index (χ3v) is 2.67. The van der Waals surface area contributed by atoms with Gasteiger partial charge in [0, 0.05) is 5.56 Å². The molecule has 21 heavy (non-hydrogen) atoms. The van der Waals surface area contributed by atoms with Gasteiger partial charge in [0.05, 0.1) is 29.1 Å². The lowest BCUT2D eigenvalue weighted by atomic mass is 10.1. The fourth-order valence-corrected chi connectivity index (χ4v) is 1.71. The van der Waals surface area contributed by atoms with Crippen LogP contribution in [0.5, 0.6) is 11.6 Å². The summed E-state index contributed by atoms with van der Waals surface area (Å²) in [5, 5.41) is 8.70. The van der Waals surface area contributed by atoms with Crippen molar-refractivity contribution in [3.63, 3.8) is 0 Å². The quantitative estimate of drug-likeness (QED) is 0.917. The molecule has 2 aromatic rings. The van der Waals surface area contributed by atoms with Crippen LogP contribution in [-0.4, -0.2) is 4.98 Å². The predicted molar refractivity (Wildman–Crippen MR) is 69.6 cm³/mol. The van der Waals surface area contributed by atoms with E-state index < -0.39 is 17.5 Å². The van der Waals surface area contributed by atoms with Crippen LogP contribution in [0.1, 0.15) is 16.7 Å².